The van der Waals surface area contributed by atoms with Gasteiger partial charge in [0.05, 0.1) is 34.4 Å². The van der Waals surface area contributed by atoms with Gasteiger partial charge in [0.15, 0.2) is 23.1 Å². The first kappa shape index (κ1) is 114. The number of ketones is 4. The van der Waals surface area contributed by atoms with E-state index in [-0.39, 0.29) is 168 Å². The van der Waals surface area contributed by atoms with Crippen LogP contribution in [0.4, 0.5) is 13.2 Å². The van der Waals surface area contributed by atoms with E-state index in [2.05, 4.69) is 85.6 Å². The second-order valence-electron chi connectivity index (χ2n) is 25.0. The van der Waals surface area contributed by atoms with Crippen molar-refractivity contribution in [2.24, 2.45) is 0 Å². The SMILES string of the molecule is CC(=O)C=C(C)O.CC(=O)C=C(C)O.CC(=O)C=C(C)O.CC(=O)C=C(C)O.FC(F)(F)c1c[c-]c(-c2ccccn2)cc1.[Ir].[Ir].[Ir].[Ir].[Ir].[Pt].[c-]1ccccc1-c1ccccn1.[c-]1ccccc1-c1ccccn1.[c-]1ccccc1-c1ncc(-c2ccccc2)nc1-c1ccccc1.[c-]1ccccc1-c1nccc2ccccc12.[c-]1ccsc1-c1ccccn1. The molecule has 0 bridgehead atoms. The average Bonchev–Trinajstić information content (AvgIpc) is 1.48. The Labute approximate surface area is 814 Å². The average molecular weight is 2760 g/mol. The number of halogens is 3. The fraction of sp³-hybridized carbons (Fsp3) is 0.0900. The molecule has 0 fully saturated rings. The van der Waals surface area contributed by atoms with E-state index in [1.807, 2.05) is 242 Å². The van der Waals surface area contributed by atoms with Crippen LogP contribution in [0.25, 0.3) is 100 Å². The van der Waals surface area contributed by atoms with Gasteiger partial charge in [-0.25, -0.2) is 11.3 Å². The predicted octanol–water partition coefficient (Wildman–Crippen LogP) is 24.4. The van der Waals surface area contributed by atoms with E-state index in [1.54, 1.807) is 54.3 Å². The summed E-state index contributed by atoms with van der Waals surface area (Å²) in [5.74, 6) is -0.250. The van der Waals surface area contributed by atoms with Crippen molar-refractivity contribution in [1.82, 2.24) is 34.9 Å². The molecule has 0 saturated carbocycles. The van der Waals surface area contributed by atoms with Gasteiger partial charge in [-0.2, -0.15) is 25.3 Å². The molecule has 657 valence electrons. The number of hydrogen-bond donors (Lipinski definition) is 4. The zero-order valence-electron chi connectivity index (χ0n) is 68.6. The van der Waals surface area contributed by atoms with Gasteiger partial charge in [-0.05, 0) is 136 Å². The van der Waals surface area contributed by atoms with Crippen molar-refractivity contribution in [3.8, 4) is 89.4 Å². The van der Waals surface area contributed by atoms with Crippen LogP contribution in [0.5, 0.6) is 0 Å². The minimum absolute atomic E-state index is 0. The van der Waals surface area contributed by atoms with Crippen molar-refractivity contribution in [1.29, 1.82) is 0 Å². The van der Waals surface area contributed by atoms with Crippen molar-refractivity contribution < 1.29 is 174 Å². The molecule has 15 aromatic rings. The summed E-state index contributed by atoms with van der Waals surface area (Å²) in [5, 5.41) is 37.8. The molecule has 7 heterocycles. The van der Waals surface area contributed by atoms with Gasteiger partial charge < -0.3 is 50.3 Å². The Hall–Kier alpha value is -10.9. The molecule has 0 atom stereocenters. The zero-order valence-corrected chi connectivity index (χ0v) is 83.6. The number of nitrogens with zero attached hydrogens (tertiary/aromatic N) is 7. The molecular formula is C100H86F3Ir5N7O8PtS-6. The molecule has 8 aromatic carbocycles. The van der Waals surface area contributed by atoms with Gasteiger partial charge >= 0.3 is 6.18 Å². The molecule has 25 heteroatoms. The second-order valence-corrected chi connectivity index (χ2v) is 25.9. The molecule has 15 rings (SSSR count). The van der Waals surface area contributed by atoms with Crippen LogP contribution in [0.1, 0.15) is 61.0 Å². The number of allylic oxidation sites excluding steroid dienone is 8. The maximum Gasteiger partial charge on any atom is 0.381 e. The summed E-state index contributed by atoms with van der Waals surface area (Å²) in [6.45, 7) is 11.4. The molecule has 0 saturated heterocycles. The van der Waals surface area contributed by atoms with Crippen LogP contribution in [-0.4, -0.2) is 78.4 Å². The Morgan fingerprint density at radius 3 is 1.02 bits per heavy atom. The number of carbonyl (C=O) groups excluding carboxylic acids is 4. The van der Waals surface area contributed by atoms with Crippen molar-refractivity contribution in [2.75, 3.05) is 0 Å². The molecule has 15 nitrogen and oxygen atoms in total. The van der Waals surface area contributed by atoms with Crippen molar-refractivity contribution in [3.63, 3.8) is 0 Å². The van der Waals surface area contributed by atoms with Gasteiger partial charge in [0.1, 0.15) is 0 Å². The van der Waals surface area contributed by atoms with E-state index in [0.29, 0.717) is 11.3 Å². The number of aliphatic hydroxyl groups excluding tert-OH is 4. The fourth-order valence-corrected chi connectivity index (χ4v) is 10.7. The van der Waals surface area contributed by atoms with Crippen molar-refractivity contribution in [2.45, 2.75) is 61.6 Å². The summed E-state index contributed by atoms with van der Waals surface area (Å²) < 4.78 is 36.9. The Balaban J connectivity index is 0.00000140. The minimum atomic E-state index is -4.32. The largest absolute Gasteiger partial charge is 0.512 e. The standard InChI is InChI=1S/C22H15N2.C15H10N.C12H7F3N.2C11H8N.C9H6NS.4C5H8O2.5Ir.Pt/c1-4-10-17(11-5-1)20-16-23-21(18-12-6-2-7-13-18)22(24-20)19-14-8-3-9-15-19;1-2-7-13(8-3-1)15-14-9-5-4-6-12(14)10-11-16-15;13-12(14,15)10-6-4-9(5-7-10)11-3-1-2-8-16-11;2*1-2-6-10(7-3-1)11-8-4-5-9-12-11;1-2-6-10-8(4-1)9-5-3-7-11-9;4*1-4(6)3-5(2)7;;;;;;/h1-12,14-16H;1-7,9-11H;1-4,6-8H;2*1-6,8-9H;1-4,6-7H;4*3,6H,1-2H3;;;;;;/q6*-1;;;;;;;;;;. The quantitative estimate of drug-likeness (QED) is 0.0505. The van der Waals surface area contributed by atoms with Crippen LogP contribution in [-0.2, 0) is 147 Å². The number of benzene rings is 8. The molecule has 0 unspecified atom stereocenters. The number of pyridine rings is 5. The first-order chi connectivity index (χ1) is 57.3. The molecule has 0 amide bonds. The number of hydrogen-bond acceptors (Lipinski definition) is 16. The molecule has 0 spiro atoms. The third-order valence-corrected chi connectivity index (χ3v) is 15.7. The van der Waals surface area contributed by atoms with E-state index in [4.69, 9.17) is 30.4 Å². The summed E-state index contributed by atoms with van der Waals surface area (Å²) >= 11 is 1.66. The van der Waals surface area contributed by atoms with E-state index < -0.39 is 11.7 Å². The monoisotopic (exact) mass is 2760 g/mol. The summed E-state index contributed by atoms with van der Waals surface area (Å²) in [5.41, 5.74) is 13.2. The molecule has 0 aliphatic rings. The van der Waals surface area contributed by atoms with Gasteiger partial charge in [-0.3, -0.25) is 24.2 Å². The van der Waals surface area contributed by atoms with E-state index in [0.717, 1.165) is 90.2 Å². The molecule has 7 aromatic heterocycles. The molecule has 125 heavy (non-hydrogen) atoms. The first-order valence-electron chi connectivity index (χ1n) is 36.7. The zero-order chi connectivity index (χ0) is 86.0. The molecular weight excluding hydrogens is 2670 g/mol. The van der Waals surface area contributed by atoms with Gasteiger partial charge in [0.25, 0.3) is 0 Å². The van der Waals surface area contributed by atoms with Gasteiger partial charge in [-0.1, -0.05) is 138 Å². The Morgan fingerprint density at radius 2 is 0.688 bits per heavy atom. The molecule has 5 radical (unpaired) electrons. The summed E-state index contributed by atoms with van der Waals surface area (Å²) in [6, 6.07) is 109. The van der Waals surface area contributed by atoms with E-state index in [1.165, 1.54) is 96.5 Å². The van der Waals surface area contributed by atoms with Crippen LogP contribution < -0.4 is 0 Å². The number of carbonyl (C=O) groups is 4. The predicted molar refractivity (Wildman–Crippen MR) is 468 cm³/mol. The summed E-state index contributed by atoms with van der Waals surface area (Å²) in [7, 11) is 0. The maximum absolute atomic E-state index is 12.3. The van der Waals surface area contributed by atoms with Gasteiger partial charge in [-0.15, -0.1) is 179 Å². The van der Waals surface area contributed by atoms with Crippen LogP contribution in [0.3, 0.4) is 0 Å². The number of fused-ring (bicyclic) bond motifs is 1. The van der Waals surface area contributed by atoms with Crippen molar-refractivity contribution >= 4 is 45.2 Å². The van der Waals surface area contributed by atoms with Gasteiger partial charge in [0, 0.05) is 194 Å². The van der Waals surface area contributed by atoms with Gasteiger partial charge in [0.2, 0.25) is 0 Å². The second kappa shape index (κ2) is 64.8. The number of aliphatic hydroxyl groups is 4. The van der Waals surface area contributed by atoms with Crippen LogP contribution in [0.15, 0.2) is 375 Å². The first-order valence-corrected chi connectivity index (χ1v) is 37.6. The number of thiophene rings is 1. The van der Waals surface area contributed by atoms with Crippen molar-refractivity contribution in [3.05, 3.63) is 417 Å². The topological polar surface area (TPSA) is 239 Å². The minimum Gasteiger partial charge on any atom is -0.512 e. The van der Waals surface area contributed by atoms with Crippen LogP contribution >= 0.6 is 11.3 Å². The maximum atomic E-state index is 12.3. The summed E-state index contributed by atoms with van der Waals surface area (Å²) in [6.07, 6.45) is 11.0. The normalized spacial score (nSPS) is 10.1. The Bertz CT molecular complexity index is 5350. The molecule has 0 aliphatic carbocycles. The third-order valence-electron chi connectivity index (χ3n) is 14.9. The Morgan fingerprint density at radius 1 is 0.328 bits per heavy atom. The molecule has 4 N–H and O–H groups in total. The van der Waals surface area contributed by atoms with E-state index in [9.17, 15) is 32.3 Å². The van der Waals surface area contributed by atoms with Crippen LogP contribution in [0, 0.1) is 36.4 Å². The number of aromatic nitrogens is 7. The molecule has 0 aliphatic heterocycles. The number of alkyl halides is 3. The fourth-order valence-electron chi connectivity index (χ4n) is 10.0. The number of rotatable bonds is 12. The van der Waals surface area contributed by atoms with E-state index >= 15 is 0 Å². The smallest absolute Gasteiger partial charge is 0.381 e. The van der Waals surface area contributed by atoms with Crippen LogP contribution in [0.2, 0.25) is 0 Å². The third kappa shape index (κ3) is 46.1. The Kier molecular flexibility index (Phi) is 59.2. The summed E-state index contributed by atoms with van der Waals surface area (Å²) in [4.78, 5) is 71.9.